The Morgan fingerprint density at radius 1 is 0.964 bits per heavy atom. The van der Waals surface area contributed by atoms with E-state index in [0.29, 0.717) is 16.7 Å². The van der Waals surface area contributed by atoms with Gasteiger partial charge < -0.3 is 14.5 Å². The summed E-state index contributed by atoms with van der Waals surface area (Å²) >= 11 is 5.87. The monoisotopic (exact) mass is 400 g/mol. The number of benzene rings is 2. The van der Waals surface area contributed by atoms with Crippen LogP contribution in [0.1, 0.15) is 42.7 Å². The molecule has 1 fully saturated rings. The third-order valence-electron chi connectivity index (χ3n) is 5.50. The van der Waals surface area contributed by atoms with Gasteiger partial charge in [-0.2, -0.15) is 0 Å². The van der Waals surface area contributed by atoms with Crippen LogP contribution < -0.4 is 4.74 Å². The third kappa shape index (κ3) is 5.49. The van der Waals surface area contributed by atoms with Crippen LogP contribution in [0.3, 0.4) is 0 Å². The molecule has 5 heteroatoms. The molecular formula is C23H29ClN2O2. The van der Waals surface area contributed by atoms with Crippen molar-refractivity contribution in [3.8, 4) is 5.75 Å². The Hall–Kier alpha value is -2.04. The van der Waals surface area contributed by atoms with E-state index in [4.69, 9.17) is 16.3 Å². The van der Waals surface area contributed by atoms with Gasteiger partial charge in [0, 0.05) is 24.7 Å². The van der Waals surface area contributed by atoms with Crippen LogP contribution in [0, 0.1) is 0 Å². The molecule has 0 atom stereocenters. The highest BCUT2D eigenvalue weighted by atomic mass is 35.5. The SMILES string of the molecule is CN(C)Cc1ccc([C@H]2CC[C@H](N(C)C(=O)Oc3ccc(Cl)cc3)CC2)cc1. The van der Waals surface area contributed by atoms with Crippen molar-refractivity contribution in [2.75, 3.05) is 21.1 Å². The quantitative estimate of drug-likeness (QED) is 0.658. The molecule has 0 unspecified atom stereocenters. The van der Waals surface area contributed by atoms with Crippen molar-refractivity contribution in [2.45, 2.75) is 44.2 Å². The van der Waals surface area contributed by atoms with Crippen LogP contribution in [-0.2, 0) is 6.54 Å². The van der Waals surface area contributed by atoms with Gasteiger partial charge in [-0.3, -0.25) is 0 Å². The van der Waals surface area contributed by atoms with E-state index in [1.54, 1.807) is 29.2 Å². The first-order chi connectivity index (χ1) is 13.4. The van der Waals surface area contributed by atoms with E-state index < -0.39 is 0 Å². The Morgan fingerprint density at radius 2 is 1.57 bits per heavy atom. The molecule has 150 valence electrons. The van der Waals surface area contributed by atoms with Crippen LogP contribution in [0.5, 0.6) is 5.75 Å². The molecule has 0 saturated heterocycles. The minimum absolute atomic E-state index is 0.226. The maximum absolute atomic E-state index is 12.4. The Morgan fingerprint density at radius 3 is 2.14 bits per heavy atom. The van der Waals surface area contributed by atoms with Gasteiger partial charge in [0.1, 0.15) is 5.75 Å². The second kappa shape index (κ2) is 9.44. The largest absolute Gasteiger partial charge is 0.415 e. The summed E-state index contributed by atoms with van der Waals surface area (Å²) in [6, 6.07) is 16.1. The zero-order valence-corrected chi connectivity index (χ0v) is 17.7. The van der Waals surface area contributed by atoms with Crippen LogP contribution in [0.4, 0.5) is 4.79 Å². The van der Waals surface area contributed by atoms with Crippen LogP contribution in [0.2, 0.25) is 5.02 Å². The highest BCUT2D eigenvalue weighted by molar-refractivity contribution is 6.30. The average molecular weight is 401 g/mol. The minimum Gasteiger partial charge on any atom is -0.410 e. The molecule has 4 nitrogen and oxygen atoms in total. The summed E-state index contributed by atoms with van der Waals surface area (Å²) in [4.78, 5) is 16.4. The second-order valence-electron chi connectivity index (χ2n) is 7.92. The topological polar surface area (TPSA) is 32.8 Å². The highest BCUT2D eigenvalue weighted by Gasteiger charge is 2.28. The zero-order chi connectivity index (χ0) is 20.1. The summed E-state index contributed by atoms with van der Waals surface area (Å²) < 4.78 is 5.47. The fraction of sp³-hybridized carbons (Fsp3) is 0.435. The first-order valence-corrected chi connectivity index (χ1v) is 10.2. The number of hydrogen-bond acceptors (Lipinski definition) is 3. The molecule has 2 aromatic rings. The Labute approximate surface area is 173 Å². The van der Waals surface area contributed by atoms with Gasteiger partial charge in [0.25, 0.3) is 0 Å². The molecule has 2 aromatic carbocycles. The highest BCUT2D eigenvalue weighted by Crippen LogP contribution is 2.35. The first kappa shape index (κ1) is 20.7. The Balaban J connectivity index is 1.51. The molecule has 0 N–H and O–H groups in total. The number of hydrogen-bond donors (Lipinski definition) is 0. The number of amides is 1. The van der Waals surface area contributed by atoms with Crippen molar-refractivity contribution in [1.82, 2.24) is 9.80 Å². The summed E-state index contributed by atoms with van der Waals surface area (Å²) in [5.41, 5.74) is 2.75. The molecule has 0 aliphatic heterocycles. The molecule has 0 aromatic heterocycles. The second-order valence-corrected chi connectivity index (χ2v) is 8.35. The fourth-order valence-corrected chi connectivity index (χ4v) is 4.01. The normalized spacial score (nSPS) is 19.5. The summed E-state index contributed by atoms with van der Waals surface area (Å²) in [5.74, 6) is 1.10. The van der Waals surface area contributed by atoms with E-state index in [0.717, 1.165) is 32.2 Å². The maximum Gasteiger partial charge on any atom is 0.415 e. The third-order valence-corrected chi connectivity index (χ3v) is 5.75. The van der Waals surface area contributed by atoms with Crippen LogP contribution >= 0.6 is 11.6 Å². The zero-order valence-electron chi connectivity index (χ0n) is 16.9. The fourth-order valence-electron chi connectivity index (χ4n) is 3.88. The molecule has 0 spiro atoms. The van der Waals surface area contributed by atoms with Crippen molar-refractivity contribution >= 4 is 17.7 Å². The van der Waals surface area contributed by atoms with E-state index in [-0.39, 0.29) is 12.1 Å². The number of carbonyl (C=O) groups excluding carboxylic acids is 1. The van der Waals surface area contributed by atoms with Gasteiger partial charge in [0.15, 0.2) is 0 Å². The average Bonchev–Trinajstić information content (AvgIpc) is 2.69. The lowest BCUT2D eigenvalue weighted by atomic mass is 9.81. The summed E-state index contributed by atoms with van der Waals surface area (Å²) in [7, 11) is 6.01. The van der Waals surface area contributed by atoms with Gasteiger partial charge in [-0.1, -0.05) is 35.9 Å². The lowest BCUT2D eigenvalue weighted by molar-refractivity contribution is 0.130. The van der Waals surface area contributed by atoms with E-state index in [1.165, 1.54) is 11.1 Å². The van der Waals surface area contributed by atoms with Crippen LogP contribution in [0.15, 0.2) is 48.5 Å². The van der Waals surface area contributed by atoms with E-state index >= 15 is 0 Å². The molecule has 1 aliphatic rings. The van der Waals surface area contributed by atoms with Gasteiger partial charge in [0.05, 0.1) is 0 Å². The predicted octanol–water partition coefficient (Wildman–Crippen LogP) is 5.56. The smallest absolute Gasteiger partial charge is 0.410 e. The summed E-state index contributed by atoms with van der Waals surface area (Å²) in [6.45, 7) is 0.966. The lowest BCUT2D eigenvalue weighted by Gasteiger charge is -2.34. The van der Waals surface area contributed by atoms with Gasteiger partial charge >= 0.3 is 6.09 Å². The molecule has 0 radical (unpaired) electrons. The van der Waals surface area contributed by atoms with Crippen molar-refractivity contribution in [1.29, 1.82) is 0 Å². The van der Waals surface area contributed by atoms with Crippen molar-refractivity contribution in [3.05, 3.63) is 64.7 Å². The molecule has 1 amide bonds. The number of ether oxygens (including phenoxy) is 1. The number of rotatable bonds is 5. The van der Waals surface area contributed by atoms with Gasteiger partial charge in [-0.25, -0.2) is 4.79 Å². The van der Waals surface area contributed by atoms with Crippen LogP contribution in [-0.4, -0.2) is 43.1 Å². The number of halogens is 1. The van der Waals surface area contributed by atoms with Gasteiger partial charge in [-0.15, -0.1) is 0 Å². The molecular weight excluding hydrogens is 372 g/mol. The predicted molar refractivity (Wildman–Crippen MR) is 114 cm³/mol. The lowest BCUT2D eigenvalue weighted by Crippen LogP contribution is -2.40. The Bertz CT molecular complexity index is 766. The Kier molecular flexibility index (Phi) is 6.97. The van der Waals surface area contributed by atoms with Gasteiger partial charge in [0.2, 0.25) is 0 Å². The minimum atomic E-state index is -0.307. The van der Waals surface area contributed by atoms with Crippen LogP contribution in [0.25, 0.3) is 0 Å². The molecule has 1 aliphatic carbocycles. The van der Waals surface area contributed by atoms with E-state index in [1.807, 2.05) is 7.05 Å². The number of carbonyl (C=O) groups is 1. The standard InChI is InChI=1S/C23H29ClN2O2/c1-25(2)16-17-4-6-18(7-5-17)19-8-12-21(13-9-19)26(3)23(27)28-22-14-10-20(24)11-15-22/h4-7,10-11,14-15,19,21H,8-9,12-13,16H2,1-3H3/t19-,21-. The maximum atomic E-state index is 12.4. The van der Waals surface area contributed by atoms with Gasteiger partial charge in [-0.05, 0) is 81.1 Å². The van der Waals surface area contributed by atoms with E-state index in [2.05, 4.69) is 43.3 Å². The molecule has 3 rings (SSSR count). The molecule has 0 heterocycles. The van der Waals surface area contributed by atoms with Crippen molar-refractivity contribution < 1.29 is 9.53 Å². The molecule has 28 heavy (non-hydrogen) atoms. The molecule has 0 bridgehead atoms. The molecule has 1 saturated carbocycles. The van der Waals surface area contributed by atoms with E-state index in [9.17, 15) is 4.79 Å². The van der Waals surface area contributed by atoms with Crippen molar-refractivity contribution in [2.24, 2.45) is 0 Å². The number of nitrogens with zero attached hydrogens (tertiary/aromatic N) is 2. The summed E-state index contributed by atoms with van der Waals surface area (Å²) in [5, 5.41) is 0.626. The van der Waals surface area contributed by atoms with Crippen molar-refractivity contribution in [3.63, 3.8) is 0 Å². The summed E-state index contributed by atoms with van der Waals surface area (Å²) in [6.07, 6.45) is 3.87. The first-order valence-electron chi connectivity index (χ1n) is 9.86.